The first-order valence-electron chi connectivity index (χ1n) is 12.4. The Morgan fingerprint density at radius 2 is 1.92 bits per heavy atom. The Kier molecular flexibility index (Phi) is 5.92. The number of hydrogen-bond acceptors (Lipinski definition) is 7. The maximum Gasteiger partial charge on any atom is 0.278 e. The number of hydrogen-bond donors (Lipinski definition) is 3. The summed E-state index contributed by atoms with van der Waals surface area (Å²) in [4.78, 5) is 27.2. The molecule has 0 atom stereocenters. The van der Waals surface area contributed by atoms with E-state index >= 15 is 0 Å². The summed E-state index contributed by atoms with van der Waals surface area (Å²) >= 11 is 0. The van der Waals surface area contributed by atoms with Gasteiger partial charge in [0.1, 0.15) is 5.39 Å². The predicted octanol–water partition coefficient (Wildman–Crippen LogP) is 3.43. The highest BCUT2D eigenvalue weighted by Crippen LogP contribution is 2.34. The van der Waals surface area contributed by atoms with Crippen molar-refractivity contribution in [1.29, 1.82) is 0 Å². The van der Waals surface area contributed by atoms with Crippen molar-refractivity contribution in [2.24, 2.45) is 0 Å². The van der Waals surface area contributed by atoms with Crippen molar-refractivity contribution < 1.29 is 5.11 Å². The number of fused-ring (bicyclic) bond motifs is 2. The number of nitrogens with zero attached hydrogens (tertiary/aromatic N) is 5. The van der Waals surface area contributed by atoms with Gasteiger partial charge in [0.25, 0.3) is 5.56 Å². The van der Waals surface area contributed by atoms with E-state index in [1.54, 1.807) is 29.4 Å². The monoisotopic (exact) mass is 487 g/mol. The summed E-state index contributed by atoms with van der Waals surface area (Å²) in [6, 6.07) is 11.9. The van der Waals surface area contributed by atoms with Crippen molar-refractivity contribution in [2.45, 2.75) is 65.1 Å². The van der Waals surface area contributed by atoms with Crippen molar-refractivity contribution in [2.75, 3.05) is 11.9 Å². The second kappa shape index (κ2) is 8.83. The second-order valence-corrected chi connectivity index (χ2v) is 10.4. The lowest BCUT2D eigenvalue weighted by Crippen LogP contribution is -2.43. The Balaban J connectivity index is 1.60. The Labute approximate surface area is 210 Å². The van der Waals surface area contributed by atoms with Gasteiger partial charge < -0.3 is 15.7 Å². The minimum atomic E-state index is -0.995. The van der Waals surface area contributed by atoms with Crippen molar-refractivity contribution in [1.82, 2.24) is 29.6 Å². The Bertz CT molecular complexity index is 1490. The van der Waals surface area contributed by atoms with E-state index in [1.165, 1.54) is 11.1 Å². The van der Waals surface area contributed by atoms with Gasteiger partial charge in [-0.3, -0.25) is 4.79 Å². The average molecular weight is 488 g/mol. The molecule has 4 aromatic rings. The number of nitrogens with one attached hydrogen (secondary N) is 2. The third-order valence-corrected chi connectivity index (χ3v) is 7.45. The molecule has 4 heterocycles. The van der Waals surface area contributed by atoms with Gasteiger partial charge in [0, 0.05) is 30.4 Å². The van der Waals surface area contributed by atoms with Gasteiger partial charge >= 0.3 is 0 Å². The minimum Gasteiger partial charge on any atom is -0.390 e. The molecule has 0 saturated heterocycles. The third kappa shape index (κ3) is 4.08. The van der Waals surface area contributed by atoms with E-state index in [2.05, 4.69) is 27.8 Å². The summed E-state index contributed by atoms with van der Waals surface area (Å²) in [5.74, 6) is 0.962. The smallest absolute Gasteiger partial charge is 0.278 e. The van der Waals surface area contributed by atoms with Crippen molar-refractivity contribution in [3.8, 4) is 5.82 Å². The minimum absolute atomic E-state index is 0.173. The molecule has 0 amide bonds. The van der Waals surface area contributed by atoms with Crippen LogP contribution in [0, 0.1) is 0 Å². The molecule has 188 valence electrons. The van der Waals surface area contributed by atoms with Gasteiger partial charge in [-0.05, 0) is 69.1 Å². The fourth-order valence-electron chi connectivity index (χ4n) is 4.50. The lowest BCUT2D eigenvalue weighted by atomic mass is 9.74. The van der Waals surface area contributed by atoms with Gasteiger partial charge in [0.15, 0.2) is 11.5 Å². The first-order chi connectivity index (χ1) is 17.1. The maximum atomic E-state index is 13.2. The molecule has 1 aliphatic rings. The van der Waals surface area contributed by atoms with Gasteiger partial charge in [-0.1, -0.05) is 26.0 Å². The normalized spacial score (nSPS) is 14.2. The molecule has 3 aromatic heterocycles. The number of aliphatic hydroxyl groups is 1. The zero-order chi connectivity index (χ0) is 25.7. The SMILES string of the molecule is CCn1c(=O)c2cnc(Nc3ccc4c(c3)CNCC4)nc2n1-c1cccc(C(C)(C)C(C)(C)O)n1. The lowest BCUT2D eigenvalue weighted by molar-refractivity contribution is 0.00776. The largest absolute Gasteiger partial charge is 0.390 e. The fraction of sp³-hybridized carbons (Fsp3) is 0.407. The summed E-state index contributed by atoms with van der Waals surface area (Å²) in [5, 5.41) is 17.9. The van der Waals surface area contributed by atoms with Crippen LogP contribution in [0.4, 0.5) is 11.6 Å². The lowest BCUT2D eigenvalue weighted by Gasteiger charge is -2.36. The highest BCUT2D eigenvalue weighted by molar-refractivity contribution is 5.77. The zero-order valence-corrected chi connectivity index (χ0v) is 21.5. The molecule has 9 nitrogen and oxygen atoms in total. The molecule has 0 aliphatic carbocycles. The molecule has 1 aromatic carbocycles. The van der Waals surface area contributed by atoms with Crippen LogP contribution < -0.4 is 16.2 Å². The Morgan fingerprint density at radius 3 is 2.67 bits per heavy atom. The summed E-state index contributed by atoms with van der Waals surface area (Å²) < 4.78 is 3.35. The van der Waals surface area contributed by atoms with Gasteiger partial charge in [0.05, 0.1) is 11.3 Å². The van der Waals surface area contributed by atoms with Gasteiger partial charge in [-0.15, -0.1) is 0 Å². The van der Waals surface area contributed by atoms with Crippen molar-refractivity contribution in [3.63, 3.8) is 0 Å². The molecule has 0 spiro atoms. The summed E-state index contributed by atoms with van der Waals surface area (Å²) in [6.07, 6.45) is 2.59. The molecule has 36 heavy (non-hydrogen) atoms. The van der Waals surface area contributed by atoms with E-state index in [9.17, 15) is 9.90 Å². The highest BCUT2D eigenvalue weighted by Gasteiger charge is 2.38. The number of benzene rings is 1. The zero-order valence-electron chi connectivity index (χ0n) is 21.5. The van der Waals surface area contributed by atoms with Crippen LogP contribution in [0.1, 0.15) is 51.4 Å². The standard InChI is InChI=1S/C27H33N7O2/c1-6-33-24(35)20-16-29-25(30-19-11-10-17-12-13-28-15-18(17)14-19)32-23(20)34(33)22-9-7-8-21(31-22)26(2,3)27(4,5)36/h7-11,14,16,28,36H,6,12-13,15H2,1-5H3,(H,29,30,32). The van der Waals surface area contributed by atoms with E-state index < -0.39 is 11.0 Å². The third-order valence-electron chi connectivity index (χ3n) is 7.45. The fourth-order valence-corrected chi connectivity index (χ4v) is 4.50. The molecule has 0 bridgehead atoms. The maximum absolute atomic E-state index is 13.2. The molecule has 0 saturated carbocycles. The molecule has 9 heteroatoms. The molecular formula is C27H33N7O2. The van der Waals surface area contributed by atoms with Crippen LogP contribution in [-0.2, 0) is 24.9 Å². The molecular weight excluding hydrogens is 454 g/mol. The summed E-state index contributed by atoms with van der Waals surface area (Å²) in [5.41, 5.74) is 2.92. The number of anilines is 2. The van der Waals surface area contributed by atoms with E-state index in [0.29, 0.717) is 29.3 Å². The number of rotatable bonds is 6. The van der Waals surface area contributed by atoms with Crippen LogP contribution in [0.2, 0.25) is 0 Å². The Hall–Kier alpha value is -3.56. The first-order valence-corrected chi connectivity index (χ1v) is 12.4. The van der Waals surface area contributed by atoms with Crippen LogP contribution in [0.3, 0.4) is 0 Å². The Morgan fingerprint density at radius 1 is 1.11 bits per heavy atom. The molecule has 0 radical (unpaired) electrons. The average Bonchev–Trinajstić information content (AvgIpc) is 3.14. The topological polar surface area (TPSA) is 110 Å². The van der Waals surface area contributed by atoms with E-state index in [4.69, 9.17) is 9.97 Å². The highest BCUT2D eigenvalue weighted by atomic mass is 16.3. The van der Waals surface area contributed by atoms with Crippen LogP contribution in [-0.4, -0.2) is 41.6 Å². The van der Waals surface area contributed by atoms with Crippen LogP contribution in [0.5, 0.6) is 0 Å². The van der Waals surface area contributed by atoms with Crippen LogP contribution in [0.25, 0.3) is 16.9 Å². The molecule has 0 fully saturated rings. The van der Waals surface area contributed by atoms with E-state index in [-0.39, 0.29) is 5.56 Å². The summed E-state index contributed by atoms with van der Waals surface area (Å²) in [6.45, 7) is 11.6. The second-order valence-electron chi connectivity index (χ2n) is 10.4. The van der Waals surface area contributed by atoms with Crippen LogP contribution >= 0.6 is 0 Å². The molecule has 3 N–H and O–H groups in total. The van der Waals surface area contributed by atoms with Crippen molar-refractivity contribution in [3.05, 3.63) is 69.8 Å². The van der Waals surface area contributed by atoms with Gasteiger partial charge in [0.2, 0.25) is 5.95 Å². The van der Waals surface area contributed by atoms with Gasteiger partial charge in [-0.25, -0.2) is 19.3 Å². The summed E-state index contributed by atoms with van der Waals surface area (Å²) in [7, 11) is 0. The van der Waals surface area contributed by atoms with E-state index in [1.807, 2.05) is 45.0 Å². The van der Waals surface area contributed by atoms with Gasteiger partial charge in [-0.2, -0.15) is 4.98 Å². The van der Waals surface area contributed by atoms with Crippen molar-refractivity contribution >= 4 is 22.7 Å². The quantitative estimate of drug-likeness (QED) is 0.382. The predicted molar refractivity (Wildman–Crippen MR) is 141 cm³/mol. The molecule has 0 unspecified atom stereocenters. The molecule has 1 aliphatic heterocycles. The first kappa shape index (κ1) is 24.1. The molecule has 5 rings (SSSR count). The number of pyridine rings is 1. The number of aromatic nitrogens is 5. The van der Waals surface area contributed by atoms with Crippen LogP contribution in [0.15, 0.2) is 47.4 Å². The van der Waals surface area contributed by atoms with E-state index in [0.717, 1.165) is 30.9 Å².